The van der Waals surface area contributed by atoms with E-state index in [0.717, 1.165) is 51.0 Å². The number of nitrogens with two attached hydrogens (primary N) is 1. The van der Waals surface area contributed by atoms with Crippen molar-refractivity contribution in [2.75, 3.05) is 19.7 Å². The Balaban J connectivity index is 1.39. The van der Waals surface area contributed by atoms with E-state index in [1.165, 1.54) is 37.7 Å². The molecular weight excluding hydrogens is 402 g/mol. The van der Waals surface area contributed by atoms with Gasteiger partial charge in [0.2, 0.25) is 11.8 Å². The molecule has 0 radical (unpaired) electrons. The van der Waals surface area contributed by atoms with E-state index >= 15 is 0 Å². The lowest BCUT2D eigenvalue weighted by Crippen LogP contribution is -2.51. The van der Waals surface area contributed by atoms with Gasteiger partial charge in [-0.1, -0.05) is 44.2 Å². The van der Waals surface area contributed by atoms with Crippen molar-refractivity contribution < 1.29 is 14.7 Å². The van der Waals surface area contributed by atoms with Crippen LogP contribution in [0.15, 0.2) is 24.3 Å². The summed E-state index contributed by atoms with van der Waals surface area (Å²) in [6.45, 7) is 1.05. The van der Waals surface area contributed by atoms with Crippen LogP contribution in [0.2, 0.25) is 0 Å². The number of carbonyl (C=O) groups excluding carboxylic acids is 2. The molecule has 2 bridgehead atoms. The number of primary amides is 1. The van der Waals surface area contributed by atoms with E-state index in [2.05, 4.69) is 11.4 Å². The number of benzene rings is 1. The molecule has 2 unspecified atom stereocenters. The lowest BCUT2D eigenvalue weighted by atomic mass is 9.77. The summed E-state index contributed by atoms with van der Waals surface area (Å²) < 4.78 is 0. The molecule has 32 heavy (non-hydrogen) atoms. The number of rotatable bonds is 9. The highest BCUT2D eigenvalue weighted by Crippen LogP contribution is 2.45. The Hall–Kier alpha value is -1.92. The van der Waals surface area contributed by atoms with Crippen LogP contribution >= 0.6 is 0 Å². The van der Waals surface area contributed by atoms with Gasteiger partial charge in [-0.15, -0.1) is 0 Å². The van der Waals surface area contributed by atoms with Gasteiger partial charge in [-0.3, -0.25) is 9.59 Å². The lowest BCUT2D eigenvalue weighted by Gasteiger charge is -2.41. The van der Waals surface area contributed by atoms with Crippen molar-refractivity contribution in [3.05, 3.63) is 35.4 Å². The first-order valence-corrected chi connectivity index (χ1v) is 12.5. The third-order valence-corrected chi connectivity index (χ3v) is 8.21. The maximum atomic E-state index is 12.5. The summed E-state index contributed by atoms with van der Waals surface area (Å²) in [6.07, 6.45) is 12.8. The quantitative estimate of drug-likeness (QED) is 0.548. The molecule has 3 atom stereocenters. The minimum absolute atomic E-state index is 0.0230. The van der Waals surface area contributed by atoms with E-state index in [0.29, 0.717) is 24.1 Å². The third-order valence-electron chi connectivity index (χ3n) is 8.21. The normalized spacial score (nSPS) is 27.9. The molecular formula is C26H39N3O3. The highest BCUT2D eigenvalue weighted by atomic mass is 16.3. The van der Waals surface area contributed by atoms with Gasteiger partial charge in [0, 0.05) is 30.2 Å². The number of hydrogen-bond acceptors (Lipinski definition) is 4. The summed E-state index contributed by atoms with van der Waals surface area (Å²) in [6, 6.07) is 8.26. The smallest absolute Gasteiger partial charge is 0.248 e. The number of amides is 2. The fourth-order valence-corrected chi connectivity index (χ4v) is 6.39. The molecule has 4 N–H and O–H groups in total. The van der Waals surface area contributed by atoms with E-state index in [9.17, 15) is 14.7 Å². The SMILES string of the molecule is NC(=O)c1cccc(C2CC3CC[C@@](CCN(CCC4CCCCC4)C(=O)CO)(C2)N3)c1. The van der Waals surface area contributed by atoms with E-state index in [-0.39, 0.29) is 17.4 Å². The summed E-state index contributed by atoms with van der Waals surface area (Å²) >= 11 is 0. The Kier molecular flexibility index (Phi) is 7.51. The molecule has 2 heterocycles. The van der Waals surface area contributed by atoms with Crippen LogP contribution < -0.4 is 11.1 Å². The maximum Gasteiger partial charge on any atom is 0.248 e. The lowest BCUT2D eigenvalue weighted by molar-refractivity contribution is -0.134. The van der Waals surface area contributed by atoms with Crippen molar-refractivity contribution in [2.24, 2.45) is 11.7 Å². The van der Waals surface area contributed by atoms with Gasteiger partial charge in [-0.25, -0.2) is 0 Å². The van der Waals surface area contributed by atoms with Gasteiger partial charge < -0.3 is 21.1 Å². The molecule has 1 aliphatic carbocycles. The van der Waals surface area contributed by atoms with Crippen LogP contribution in [0.5, 0.6) is 0 Å². The predicted molar refractivity (Wildman–Crippen MR) is 125 cm³/mol. The number of aliphatic hydroxyl groups excluding tert-OH is 1. The molecule has 3 fully saturated rings. The number of fused-ring (bicyclic) bond motifs is 2. The number of piperidine rings is 1. The van der Waals surface area contributed by atoms with Crippen LogP contribution in [0.25, 0.3) is 0 Å². The van der Waals surface area contributed by atoms with Crippen LogP contribution in [-0.4, -0.2) is 53.1 Å². The molecule has 4 rings (SSSR count). The standard InChI is InChI=1S/C26H39N3O3/c27-25(32)21-8-4-7-20(15-21)22-16-23-9-11-26(17-22,28-23)12-14-29(24(31)18-30)13-10-19-5-2-1-3-6-19/h4,7-8,15,19,22-23,28,30H,1-3,5-6,9-14,16-18H2,(H2,27,32)/t22?,23?,26-/m1/s1. The molecule has 1 aromatic rings. The summed E-state index contributed by atoms with van der Waals surface area (Å²) in [7, 11) is 0. The number of carbonyl (C=O) groups is 2. The Morgan fingerprint density at radius 1 is 1.16 bits per heavy atom. The van der Waals surface area contributed by atoms with Crippen LogP contribution in [-0.2, 0) is 4.79 Å². The monoisotopic (exact) mass is 441 g/mol. The van der Waals surface area contributed by atoms with Crippen molar-refractivity contribution in [2.45, 2.75) is 88.1 Å². The molecule has 3 aliphatic rings. The second kappa shape index (κ2) is 10.3. The number of nitrogens with zero attached hydrogens (tertiary/aromatic N) is 1. The zero-order valence-electron chi connectivity index (χ0n) is 19.2. The topological polar surface area (TPSA) is 95.7 Å². The first kappa shape index (κ1) is 23.2. The van der Waals surface area contributed by atoms with Crippen LogP contribution in [0, 0.1) is 5.92 Å². The summed E-state index contributed by atoms with van der Waals surface area (Å²) in [5.74, 6) is 0.594. The van der Waals surface area contributed by atoms with Gasteiger partial charge >= 0.3 is 0 Å². The largest absolute Gasteiger partial charge is 0.387 e. The van der Waals surface area contributed by atoms with Crippen molar-refractivity contribution in [3.8, 4) is 0 Å². The Morgan fingerprint density at radius 2 is 1.97 bits per heavy atom. The number of aliphatic hydroxyl groups is 1. The average molecular weight is 442 g/mol. The molecule has 1 saturated carbocycles. The van der Waals surface area contributed by atoms with Gasteiger partial charge in [0.15, 0.2) is 0 Å². The van der Waals surface area contributed by atoms with E-state index in [1.54, 1.807) is 6.07 Å². The number of nitrogens with one attached hydrogen (secondary N) is 1. The average Bonchev–Trinajstić information content (AvgIpc) is 3.13. The molecule has 2 amide bonds. The first-order chi connectivity index (χ1) is 15.5. The Bertz CT molecular complexity index is 807. The molecule has 0 aromatic heterocycles. The van der Waals surface area contributed by atoms with Crippen LogP contribution in [0.3, 0.4) is 0 Å². The van der Waals surface area contributed by atoms with E-state index in [4.69, 9.17) is 5.73 Å². The Morgan fingerprint density at radius 3 is 2.72 bits per heavy atom. The van der Waals surface area contributed by atoms with Crippen molar-refractivity contribution >= 4 is 11.8 Å². The summed E-state index contributed by atoms with van der Waals surface area (Å²) in [5.41, 5.74) is 7.29. The molecule has 6 nitrogen and oxygen atoms in total. The third kappa shape index (κ3) is 5.52. The van der Waals surface area contributed by atoms with Gasteiger partial charge in [0.1, 0.15) is 6.61 Å². The number of hydrogen-bond donors (Lipinski definition) is 3. The Labute approximate surface area is 191 Å². The molecule has 2 aliphatic heterocycles. The van der Waals surface area contributed by atoms with Gasteiger partial charge in [0.05, 0.1) is 0 Å². The molecule has 6 heteroatoms. The highest BCUT2D eigenvalue weighted by molar-refractivity contribution is 5.92. The van der Waals surface area contributed by atoms with E-state index in [1.807, 2.05) is 17.0 Å². The van der Waals surface area contributed by atoms with Crippen molar-refractivity contribution in [1.82, 2.24) is 10.2 Å². The molecule has 0 spiro atoms. The second-order valence-electron chi connectivity index (χ2n) is 10.4. The van der Waals surface area contributed by atoms with E-state index < -0.39 is 6.61 Å². The minimum atomic E-state index is -0.406. The first-order valence-electron chi connectivity index (χ1n) is 12.5. The zero-order chi connectivity index (χ0) is 22.6. The van der Waals surface area contributed by atoms with Crippen molar-refractivity contribution in [3.63, 3.8) is 0 Å². The van der Waals surface area contributed by atoms with Crippen LogP contribution in [0.4, 0.5) is 0 Å². The molecule has 176 valence electrons. The fourth-order valence-electron chi connectivity index (χ4n) is 6.39. The second-order valence-corrected chi connectivity index (χ2v) is 10.4. The minimum Gasteiger partial charge on any atom is -0.387 e. The molecule has 1 aromatic carbocycles. The van der Waals surface area contributed by atoms with Gasteiger partial charge in [0.25, 0.3) is 0 Å². The van der Waals surface area contributed by atoms with Crippen LogP contribution in [0.1, 0.15) is 92.5 Å². The maximum absolute atomic E-state index is 12.5. The highest BCUT2D eigenvalue weighted by Gasteiger charge is 2.45. The molecule has 2 saturated heterocycles. The fraction of sp³-hybridized carbons (Fsp3) is 0.692. The van der Waals surface area contributed by atoms with Gasteiger partial charge in [-0.2, -0.15) is 0 Å². The summed E-state index contributed by atoms with van der Waals surface area (Å²) in [4.78, 5) is 26.0. The zero-order valence-corrected chi connectivity index (χ0v) is 19.2. The van der Waals surface area contributed by atoms with Gasteiger partial charge in [-0.05, 0) is 68.1 Å². The summed E-state index contributed by atoms with van der Waals surface area (Å²) in [5, 5.41) is 13.4. The van der Waals surface area contributed by atoms with Crippen molar-refractivity contribution in [1.29, 1.82) is 0 Å². The predicted octanol–water partition coefficient (Wildman–Crippen LogP) is 3.34.